The van der Waals surface area contributed by atoms with E-state index in [9.17, 15) is 4.79 Å². The molecule has 0 bridgehead atoms. The van der Waals surface area contributed by atoms with Crippen molar-refractivity contribution in [2.45, 2.75) is 39.5 Å². The molecule has 0 atom stereocenters. The molecule has 0 aliphatic heterocycles. The maximum atomic E-state index is 11.5. The minimum absolute atomic E-state index is 0.0989. The first kappa shape index (κ1) is 15.8. The number of carbonyl (C=O) groups excluding carboxylic acids is 1. The van der Waals surface area contributed by atoms with Gasteiger partial charge in [0.15, 0.2) is 0 Å². The quantitative estimate of drug-likeness (QED) is 0.713. The van der Waals surface area contributed by atoms with Crippen molar-refractivity contribution in [2.75, 3.05) is 18.4 Å². The molecule has 0 aromatic heterocycles. The van der Waals surface area contributed by atoms with E-state index in [4.69, 9.17) is 11.6 Å². The number of carbonyl (C=O) groups is 1. The molecule has 0 unspecified atom stereocenters. The van der Waals surface area contributed by atoms with E-state index in [0.29, 0.717) is 13.0 Å². The molecule has 0 saturated carbocycles. The van der Waals surface area contributed by atoms with Gasteiger partial charge in [-0.15, -0.1) is 0 Å². The van der Waals surface area contributed by atoms with Gasteiger partial charge in [-0.1, -0.05) is 37.4 Å². The second-order valence-corrected chi connectivity index (χ2v) is 5.10. The Morgan fingerprint density at radius 2 is 2.05 bits per heavy atom. The number of unbranched alkanes of at least 4 members (excludes halogenated alkanes) is 2. The number of hydrogen-bond donors (Lipinski definition) is 2. The lowest BCUT2D eigenvalue weighted by Gasteiger charge is -2.08. The zero-order valence-corrected chi connectivity index (χ0v) is 12.5. The zero-order valence-electron chi connectivity index (χ0n) is 11.8. The van der Waals surface area contributed by atoms with Gasteiger partial charge in [0.2, 0.25) is 5.91 Å². The number of halogens is 1. The van der Waals surface area contributed by atoms with E-state index in [2.05, 4.69) is 17.6 Å². The number of anilines is 1. The summed E-state index contributed by atoms with van der Waals surface area (Å²) in [5.41, 5.74) is 2.01. The molecule has 1 aromatic rings. The van der Waals surface area contributed by atoms with Gasteiger partial charge in [-0.2, -0.15) is 0 Å². The summed E-state index contributed by atoms with van der Waals surface area (Å²) >= 11 is 6.03. The average Bonchev–Trinajstić information content (AvgIpc) is 2.39. The molecule has 1 aromatic carbocycles. The Morgan fingerprint density at radius 1 is 1.26 bits per heavy atom. The Hall–Kier alpha value is -1.22. The van der Waals surface area contributed by atoms with E-state index in [0.717, 1.165) is 29.2 Å². The first-order valence-corrected chi connectivity index (χ1v) is 7.28. The second-order valence-electron chi connectivity index (χ2n) is 4.70. The molecule has 2 N–H and O–H groups in total. The molecule has 0 aliphatic carbocycles. The predicted octanol–water partition coefficient (Wildman–Crippen LogP) is 3.76. The molecular weight excluding hydrogens is 260 g/mol. The summed E-state index contributed by atoms with van der Waals surface area (Å²) < 4.78 is 0. The van der Waals surface area contributed by atoms with Crippen LogP contribution in [0.5, 0.6) is 0 Å². The molecule has 0 saturated heterocycles. The van der Waals surface area contributed by atoms with Crippen LogP contribution in [-0.4, -0.2) is 19.0 Å². The van der Waals surface area contributed by atoms with Gasteiger partial charge in [0, 0.05) is 30.2 Å². The van der Waals surface area contributed by atoms with Crippen LogP contribution in [0, 0.1) is 6.92 Å². The highest BCUT2D eigenvalue weighted by Crippen LogP contribution is 2.19. The highest BCUT2D eigenvalue weighted by molar-refractivity contribution is 6.31. The highest BCUT2D eigenvalue weighted by Gasteiger charge is 2.01. The van der Waals surface area contributed by atoms with Crippen LogP contribution in [0.2, 0.25) is 5.02 Å². The van der Waals surface area contributed by atoms with E-state index in [1.807, 2.05) is 25.1 Å². The molecule has 106 valence electrons. The van der Waals surface area contributed by atoms with Gasteiger partial charge in [0.05, 0.1) is 0 Å². The molecule has 0 spiro atoms. The Morgan fingerprint density at radius 3 is 2.74 bits per heavy atom. The highest BCUT2D eigenvalue weighted by atomic mass is 35.5. The molecule has 0 fully saturated rings. The van der Waals surface area contributed by atoms with Crippen molar-refractivity contribution in [1.29, 1.82) is 0 Å². The van der Waals surface area contributed by atoms with Crippen molar-refractivity contribution < 1.29 is 4.79 Å². The Kier molecular flexibility index (Phi) is 7.34. The van der Waals surface area contributed by atoms with Crippen molar-refractivity contribution in [3.63, 3.8) is 0 Å². The second kappa shape index (κ2) is 8.81. The Balaban J connectivity index is 2.18. The van der Waals surface area contributed by atoms with Gasteiger partial charge >= 0.3 is 0 Å². The maximum absolute atomic E-state index is 11.5. The van der Waals surface area contributed by atoms with Crippen LogP contribution in [0.3, 0.4) is 0 Å². The van der Waals surface area contributed by atoms with E-state index in [1.165, 1.54) is 12.8 Å². The predicted molar refractivity (Wildman–Crippen MR) is 81.8 cm³/mol. The monoisotopic (exact) mass is 282 g/mol. The number of benzene rings is 1. The van der Waals surface area contributed by atoms with Crippen LogP contribution in [0.25, 0.3) is 0 Å². The SMILES string of the molecule is CCCCCNC(=O)CCNc1ccc(C)c(Cl)c1. The molecule has 1 amide bonds. The minimum Gasteiger partial charge on any atom is -0.384 e. The third-order valence-corrected chi connectivity index (χ3v) is 3.36. The van der Waals surface area contributed by atoms with E-state index < -0.39 is 0 Å². The summed E-state index contributed by atoms with van der Waals surface area (Å²) in [6, 6.07) is 5.83. The van der Waals surface area contributed by atoms with Crippen LogP contribution in [0.4, 0.5) is 5.69 Å². The van der Waals surface area contributed by atoms with Crippen molar-refractivity contribution in [2.24, 2.45) is 0 Å². The average molecular weight is 283 g/mol. The first-order valence-electron chi connectivity index (χ1n) is 6.90. The van der Waals surface area contributed by atoms with Crippen molar-refractivity contribution in [3.8, 4) is 0 Å². The molecule has 4 heteroatoms. The number of rotatable bonds is 8. The summed E-state index contributed by atoms with van der Waals surface area (Å²) in [5, 5.41) is 6.86. The molecule has 1 rings (SSSR count). The molecule has 0 radical (unpaired) electrons. The summed E-state index contributed by atoms with van der Waals surface area (Å²) in [6.45, 7) is 5.52. The lowest BCUT2D eigenvalue weighted by molar-refractivity contribution is -0.120. The number of hydrogen-bond acceptors (Lipinski definition) is 2. The number of nitrogens with one attached hydrogen (secondary N) is 2. The fourth-order valence-corrected chi connectivity index (χ4v) is 1.89. The third kappa shape index (κ3) is 6.48. The molecule has 19 heavy (non-hydrogen) atoms. The van der Waals surface area contributed by atoms with Crippen LogP contribution >= 0.6 is 11.6 Å². The lowest BCUT2D eigenvalue weighted by atomic mass is 10.2. The van der Waals surface area contributed by atoms with Gasteiger partial charge in [-0.05, 0) is 31.0 Å². The smallest absolute Gasteiger partial charge is 0.221 e. The van der Waals surface area contributed by atoms with E-state index in [-0.39, 0.29) is 5.91 Å². The van der Waals surface area contributed by atoms with Gasteiger partial charge in [-0.25, -0.2) is 0 Å². The van der Waals surface area contributed by atoms with Gasteiger partial charge in [0.1, 0.15) is 0 Å². The van der Waals surface area contributed by atoms with Crippen LogP contribution in [-0.2, 0) is 4.79 Å². The van der Waals surface area contributed by atoms with Gasteiger partial charge in [-0.3, -0.25) is 4.79 Å². The standard InChI is InChI=1S/C15H23ClN2O/c1-3-4-5-9-18-15(19)8-10-17-13-7-6-12(2)14(16)11-13/h6-7,11,17H,3-5,8-10H2,1-2H3,(H,18,19). The normalized spacial score (nSPS) is 10.3. The topological polar surface area (TPSA) is 41.1 Å². The number of aryl methyl sites for hydroxylation is 1. The third-order valence-electron chi connectivity index (χ3n) is 2.96. The van der Waals surface area contributed by atoms with E-state index in [1.54, 1.807) is 0 Å². The number of amides is 1. The lowest BCUT2D eigenvalue weighted by Crippen LogP contribution is -2.26. The largest absolute Gasteiger partial charge is 0.384 e. The van der Waals surface area contributed by atoms with Crippen molar-refractivity contribution in [3.05, 3.63) is 28.8 Å². The summed E-state index contributed by atoms with van der Waals surface area (Å²) in [4.78, 5) is 11.5. The Bertz CT molecular complexity index is 407. The van der Waals surface area contributed by atoms with E-state index >= 15 is 0 Å². The summed E-state index contributed by atoms with van der Waals surface area (Å²) in [5.74, 6) is 0.0989. The maximum Gasteiger partial charge on any atom is 0.221 e. The molecule has 0 heterocycles. The molecular formula is C15H23ClN2O. The zero-order chi connectivity index (χ0) is 14.1. The van der Waals surface area contributed by atoms with Gasteiger partial charge in [0.25, 0.3) is 0 Å². The molecule has 3 nitrogen and oxygen atoms in total. The summed E-state index contributed by atoms with van der Waals surface area (Å²) in [7, 11) is 0. The fourth-order valence-electron chi connectivity index (χ4n) is 1.71. The van der Waals surface area contributed by atoms with Crippen molar-refractivity contribution >= 4 is 23.2 Å². The Labute approximate surface area is 120 Å². The summed E-state index contributed by atoms with van der Waals surface area (Å²) in [6.07, 6.45) is 3.88. The fraction of sp³-hybridized carbons (Fsp3) is 0.533. The minimum atomic E-state index is 0.0989. The van der Waals surface area contributed by atoms with Crippen molar-refractivity contribution in [1.82, 2.24) is 5.32 Å². The first-order chi connectivity index (χ1) is 9.13. The van der Waals surface area contributed by atoms with Crippen LogP contribution < -0.4 is 10.6 Å². The van der Waals surface area contributed by atoms with Crippen LogP contribution in [0.15, 0.2) is 18.2 Å². The molecule has 0 aliphatic rings. The van der Waals surface area contributed by atoms with Gasteiger partial charge < -0.3 is 10.6 Å². The van der Waals surface area contributed by atoms with Crippen LogP contribution in [0.1, 0.15) is 38.2 Å².